The summed E-state index contributed by atoms with van der Waals surface area (Å²) in [5.41, 5.74) is 3.27. The molecule has 23 heavy (non-hydrogen) atoms. The van der Waals surface area contributed by atoms with Crippen LogP contribution < -0.4 is 0 Å². The van der Waals surface area contributed by atoms with E-state index in [1.165, 1.54) is 31.9 Å². The van der Waals surface area contributed by atoms with Crippen LogP contribution in [0.3, 0.4) is 0 Å². The Morgan fingerprint density at radius 3 is 2.65 bits per heavy atom. The minimum absolute atomic E-state index is 0.195. The van der Waals surface area contributed by atoms with Gasteiger partial charge < -0.3 is 9.30 Å². The number of hydrogen-bond acceptors (Lipinski definition) is 4. The predicted molar refractivity (Wildman–Crippen MR) is 88.5 cm³/mol. The van der Waals surface area contributed by atoms with Gasteiger partial charge in [0.25, 0.3) is 0 Å². The maximum absolute atomic E-state index is 12.1. The lowest BCUT2D eigenvalue weighted by molar-refractivity contribution is -0.136. The molecule has 0 aromatic carbocycles. The fourth-order valence-corrected chi connectivity index (χ4v) is 3.57. The topological polar surface area (TPSA) is 57.0 Å². The van der Waals surface area contributed by atoms with Crippen molar-refractivity contribution in [3.8, 4) is 0 Å². The first-order valence-electron chi connectivity index (χ1n) is 8.48. The van der Waals surface area contributed by atoms with Crippen LogP contribution in [0, 0.1) is 11.8 Å². The zero-order valence-corrected chi connectivity index (χ0v) is 14.4. The van der Waals surface area contributed by atoms with Crippen LogP contribution in [0.25, 0.3) is 5.57 Å². The normalized spacial score (nSPS) is 21.9. The molecule has 0 saturated heterocycles. The molecule has 1 heterocycles. The van der Waals surface area contributed by atoms with Gasteiger partial charge in [0.1, 0.15) is 5.82 Å². The van der Waals surface area contributed by atoms with Gasteiger partial charge in [0.15, 0.2) is 5.82 Å². The summed E-state index contributed by atoms with van der Waals surface area (Å²) in [6.45, 7) is 4.18. The minimum atomic E-state index is -0.236. The quantitative estimate of drug-likeness (QED) is 0.801. The molecule has 0 amide bonds. The molecule has 0 N–H and O–H groups in total. The highest BCUT2D eigenvalue weighted by atomic mass is 16.5. The molecule has 2 aliphatic carbocycles. The van der Waals surface area contributed by atoms with Crippen molar-refractivity contribution in [1.82, 2.24) is 14.8 Å². The van der Waals surface area contributed by atoms with E-state index < -0.39 is 0 Å². The first kappa shape index (κ1) is 16.0. The zero-order valence-electron chi connectivity index (χ0n) is 14.4. The number of esters is 1. The fourth-order valence-electron chi connectivity index (χ4n) is 3.57. The summed E-state index contributed by atoms with van der Waals surface area (Å²) in [7, 11) is 3.45. The molecule has 1 unspecified atom stereocenters. The summed E-state index contributed by atoms with van der Waals surface area (Å²) in [5.74, 6) is 2.43. The van der Waals surface area contributed by atoms with Crippen molar-refractivity contribution in [3.05, 3.63) is 28.9 Å². The summed E-state index contributed by atoms with van der Waals surface area (Å²) >= 11 is 0. The Kier molecular flexibility index (Phi) is 4.37. The third kappa shape index (κ3) is 2.73. The molecule has 5 heteroatoms. The van der Waals surface area contributed by atoms with Crippen LogP contribution in [0.5, 0.6) is 0 Å². The minimum Gasteiger partial charge on any atom is -0.466 e. The molecule has 0 bridgehead atoms. The first-order valence-corrected chi connectivity index (χ1v) is 8.48. The molecule has 0 aliphatic heterocycles. The maximum Gasteiger partial charge on any atom is 0.334 e. The first-order chi connectivity index (χ1) is 11.1. The maximum atomic E-state index is 12.1. The average Bonchev–Trinajstić information content (AvgIpc) is 2.86. The van der Waals surface area contributed by atoms with Gasteiger partial charge in [0, 0.05) is 24.6 Å². The summed E-state index contributed by atoms with van der Waals surface area (Å²) in [5, 5.41) is 8.69. The number of nitrogens with zero attached hydrogens (tertiary/aromatic N) is 3. The zero-order chi connectivity index (χ0) is 16.6. The fraction of sp³-hybridized carbons (Fsp3) is 0.611. The van der Waals surface area contributed by atoms with Gasteiger partial charge in [-0.05, 0) is 37.2 Å². The lowest BCUT2D eigenvalue weighted by atomic mass is 9.71. The average molecular weight is 315 g/mol. The van der Waals surface area contributed by atoms with E-state index in [1.807, 2.05) is 13.1 Å². The summed E-state index contributed by atoms with van der Waals surface area (Å²) in [6, 6.07) is 0. The molecule has 0 spiro atoms. The molecule has 5 nitrogen and oxygen atoms in total. The highest BCUT2D eigenvalue weighted by Crippen LogP contribution is 2.44. The Morgan fingerprint density at radius 2 is 2.13 bits per heavy atom. The number of rotatable bonds is 4. The van der Waals surface area contributed by atoms with Crippen molar-refractivity contribution in [2.24, 2.45) is 18.9 Å². The van der Waals surface area contributed by atoms with Gasteiger partial charge in [-0.15, -0.1) is 10.2 Å². The standard InChI is InChI=1S/C18H25N3O2/c1-5-16-19-20-17(21(16)3)15-10-13(18(22)23-4)11(2)9-14(15)12-7-6-8-12/h10-12H,5-9H2,1-4H3. The van der Waals surface area contributed by atoms with Crippen LogP contribution in [0.2, 0.25) is 0 Å². The molecule has 1 aromatic rings. The molecule has 1 saturated carbocycles. The van der Waals surface area contributed by atoms with Crippen molar-refractivity contribution < 1.29 is 9.53 Å². The molecular weight excluding hydrogens is 290 g/mol. The lowest BCUT2D eigenvalue weighted by Crippen LogP contribution is -2.23. The smallest absolute Gasteiger partial charge is 0.334 e. The molecule has 124 valence electrons. The van der Waals surface area contributed by atoms with Crippen LogP contribution in [-0.4, -0.2) is 27.8 Å². The van der Waals surface area contributed by atoms with Gasteiger partial charge in [0.05, 0.1) is 7.11 Å². The van der Waals surface area contributed by atoms with E-state index in [0.29, 0.717) is 5.92 Å². The van der Waals surface area contributed by atoms with E-state index in [4.69, 9.17) is 4.74 Å². The Morgan fingerprint density at radius 1 is 1.39 bits per heavy atom. The van der Waals surface area contributed by atoms with Gasteiger partial charge in [-0.25, -0.2) is 4.79 Å². The summed E-state index contributed by atoms with van der Waals surface area (Å²) < 4.78 is 7.02. The molecule has 1 aromatic heterocycles. The third-order valence-corrected chi connectivity index (χ3v) is 5.24. The lowest BCUT2D eigenvalue weighted by Gasteiger charge is -2.34. The molecule has 2 aliphatic rings. The Labute approximate surface area is 137 Å². The van der Waals surface area contributed by atoms with Crippen molar-refractivity contribution in [2.45, 2.75) is 46.0 Å². The van der Waals surface area contributed by atoms with Gasteiger partial charge in [0.2, 0.25) is 0 Å². The molecule has 1 atom stereocenters. The van der Waals surface area contributed by atoms with Crippen LogP contribution in [0.15, 0.2) is 17.2 Å². The highest BCUT2D eigenvalue weighted by Gasteiger charge is 2.33. The third-order valence-electron chi connectivity index (χ3n) is 5.24. The summed E-state index contributed by atoms with van der Waals surface area (Å²) in [4.78, 5) is 12.1. The molecule has 3 rings (SSSR count). The Hall–Kier alpha value is -1.91. The van der Waals surface area contributed by atoms with Crippen molar-refractivity contribution in [3.63, 3.8) is 0 Å². The van der Waals surface area contributed by atoms with Gasteiger partial charge in [-0.1, -0.05) is 25.8 Å². The van der Waals surface area contributed by atoms with E-state index in [1.54, 1.807) is 0 Å². The SMILES string of the molecule is CCc1nnc(C2=C(C3CCC3)CC(C)C(C(=O)OC)=C2)n1C. The number of aryl methyl sites for hydroxylation is 1. The highest BCUT2D eigenvalue weighted by molar-refractivity contribution is 5.94. The summed E-state index contributed by atoms with van der Waals surface area (Å²) in [6.07, 6.45) is 7.53. The van der Waals surface area contributed by atoms with Gasteiger partial charge in [-0.2, -0.15) is 0 Å². The number of carbonyl (C=O) groups excluding carboxylic acids is 1. The molecule has 0 radical (unpaired) electrons. The van der Waals surface area contributed by atoms with Crippen molar-refractivity contribution in [2.75, 3.05) is 7.11 Å². The number of allylic oxidation sites excluding steroid dienone is 3. The number of carbonyl (C=O) groups is 1. The Balaban J connectivity index is 2.11. The number of aromatic nitrogens is 3. The van der Waals surface area contributed by atoms with E-state index in [9.17, 15) is 4.79 Å². The van der Waals surface area contributed by atoms with E-state index in [0.717, 1.165) is 35.6 Å². The van der Waals surface area contributed by atoms with E-state index in [2.05, 4.69) is 28.6 Å². The van der Waals surface area contributed by atoms with Crippen LogP contribution in [0.1, 0.15) is 51.2 Å². The monoisotopic (exact) mass is 315 g/mol. The van der Waals surface area contributed by atoms with Crippen LogP contribution in [0.4, 0.5) is 0 Å². The number of ether oxygens (including phenoxy) is 1. The van der Waals surface area contributed by atoms with Crippen LogP contribution >= 0.6 is 0 Å². The van der Waals surface area contributed by atoms with Crippen molar-refractivity contribution in [1.29, 1.82) is 0 Å². The molecule has 1 fully saturated rings. The predicted octanol–water partition coefficient (Wildman–Crippen LogP) is 3.07. The van der Waals surface area contributed by atoms with Gasteiger partial charge >= 0.3 is 5.97 Å². The van der Waals surface area contributed by atoms with E-state index in [-0.39, 0.29) is 11.9 Å². The van der Waals surface area contributed by atoms with Crippen molar-refractivity contribution >= 4 is 11.5 Å². The second-order valence-corrected chi connectivity index (χ2v) is 6.62. The largest absolute Gasteiger partial charge is 0.466 e. The Bertz CT molecular complexity index is 680. The molecular formula is C18H25N3O2. The van der Waals surface area contributed by atoms with Crippen LogP contribution in [-0.2, 0) is 23.0 Å². The second-order valence-electron chi connectivity index (χ2n) is 6.62. The number of methoxy groups -OCH3 is 1. The second kappa shape index (κ2) is 6.30. The van der Waals surface area contributed by atoms with E-state index >= 15 is 0 Å². The van der Waals surface area contributed by atoms with Gasteiger partial charge in [-0.3, -0.25) is 0 Å². The number of hydrogen-bond donors (Lipinski definition) is 0.